The van der Waals surface area contributed by atoms with Crippen molar-refractivity contribution < 1.29 is 23.1 Å². The van der Waals surface area contributed by atoms with Gasteiger partial charge in [0.15, 0.2) is 29.2 Å². The number of aliphatic imine (C=N–C) groups is 1. The van der Waals surface area contributed by atoms with Crippen molar-refractivity contribution in [2.45, 2.75) is 42.9 Å². The summed E-state index contributed by atoms with van der Waals surface area (Å²) in [5.74, 6) is -0.517. The van der Waals surface area contributed by atoms with E-state index >= 15 is 4.39 Å². The lowest BCUT2D eigenvalue weighted by molar-refractivity contribution is -0.130. The molecule has 1 saturated carbocycles. The fourth-order valence-corrected chi connectivity index (χ4v) is 6.73. The summed E-state index contributed by atoms with van der Waals surface area (Å²) in [5, 5.41) is 0.160. The zero-order chi connectivity index (χ0) is 26.4. The number of hydrogen-bond acceptors (Lipinski definition) is 8. The molecule has 1 saturated heterocycles. The highest BCUT2D eigenvalue weighted by Crippen LogP contribution is 2.66. The van der Waals surface area contributed by atoms with Crippen molar-refractivity contribution in [1.29, 1.82) is 0 Å². The molecule has 2 fully saturated rings. The lowest BCUT2D eigenvalue weighted by Gasteiger charge is -2.35. The summed E-state index contributed by atoms with van der Waals surface area (Å²) >= 11 is 1.21. The zero-order valence-electron chi connectivity index (χ0n) is 20.2. The molecule has 1 aromatic heterocycles. The van der Waals surface area contributed by atoms with E-state index in [4.69, 9.17) is 16.9 Å². The predicted molar refractivity (Wildman–Crippen MR) is 134 cm³/mol. The number of halogens is 2. The molecule has 3 heterocycles. The number of carbonyl (C=O) groups excluding carboxylic acids is 2. The SMILES string of the molecule is C#CCOc1cnc(C(=O)Cc2cc(F)c(F)c([C@@]3(C)N=C(N)S[C@@]4(C(=O)N5CCCC5)C[C@H]43)c2)cn1. The van der Waals surface area contributed by atoms with E-state index in [1.165, 1.54) is 30.2 Å². The van der Waals surface area contributed by atoms with E-state index in [1.54, 1.807) is 6.92 Å². The Hall–Kier alpha value is -3.52. The van der Waals surface area contributed by atoms with Gasteiger partial charge in [-0.2, -0.15) is 0 Å². The number of rotatable bonds is 7. The zero-order valence-corrected chi connectivity index (χ0v) is 21.0. The Kier molecular flexibility index (Phi) is 6.40. The Bertz CT molecular complexity index is 1340. The molecule has 1 aromatic carbocycles. The maximum Gasteiger partial charge on any atom is 0.239 e. The number of Topliss-reactive ketones (excluding diaryl/α,β-unsaturated/α-hetero) is 1. The molecule has 0 spiro atoms. The highest BCUT2D eigenvalue weighted by Gasteiger charge is 2.71. The number of hydrogen-bond donors (Lipinski definition) is 1. The van der Waals surface area contributed by atoms with Gasteiger partial charge in [-0.1, -0.05) is 17.7 Å². The molecular formula is C26H25F2N5O3S. The van der Waals surface area contributed by atoms with E-state index in [9.17, 15) is 14.0 Å². The number of amides is 1. The molecule has 1 aliphatic carbocycles. The first-order chi connectivity index (χ1) is 17.7. The van der Waals surface area contributed by atoms with Gasteiger partial charge in [-0.3, -0.25) is 14.6 Å². The van der Waals surface area contributed by atoms with Gasteiger partial charge < -0.3 is 15.4 Å². The third-order valence-electron chi connectivity index (χ3n) is 7.19. The van der Waals surface area contributed by atoms with Gasteiger partial charge in [-0.25, -0.2) is 18.7 Å². The molecule has 37 heavy (non-hydrogen) atoms. The first kappa shape index (κ1) is 25.1. The Morgan fingerprint density at radius 2 is 2.03 bits per heavy atom. The normalized spacial score (nSPS) is 26.2. The Labute approximate surface area is 217 Å². The van der Waals surface area contributed by atoms with Gasteiger partial charge >= 0.3 is 0 Å². The van der Waals surface area contributed by atoms with Crippen LogP contribution in [0.5, 0.6) is 5.88 Å². The van der Waals surface area contributed by atoms with Gasteiger partial charge in [0.1, 0.15) is 10.4 Å². The van der Waals surface area contributed by atoms with Crippen molar-refractivity contribution in [3.05, 3.63) is 53.0 Å². The van der Waals surface area contributed by atoms with Gasteiger partial charge in [0, 0.05) is 31.0 Å². The molecule has 192 valence electrons. The van der Waals surface area contributed by atoms with Crippen LogP contribution in [-0.4, -0.2) is 56.2 Å². The van der Waals surface area contributed by atoms with E-state index in [1.807, 2.05) is 4.90 Å². The fourth-order valence-electron chi connectivity index (χ4n) is 5.28. The first-order valence-electron chi connectivity index (χ1n) is 11.9. The number of terminal acetylenes is 1. The van der Waals surface area contributed by atoms with Crippen LogP contribution in [0.3, 0.4) is 0 Å². The molecule has 0 radical (unpaired) electrons. The van der Waals surface area contributed by atoms with Crippen molar-refractivity contribution in [3.8, 4) is 18.2 Å². The van der Waals surface area contributed by atoms with Gasteiger partial charge in [0.2, 0.25) is 11.8 Å². The smallest absolute Gasteiger partial charge is 0.239 e. The van der Waals surface area contributed by atoms with Crippen LogP contribution < -0.4 is 10.5 Å². The number of thioether (sulfide) groups is 1. The van der Waals surface area contributed by atoms with Gasteiger partial charge in [-0.15, -0.1) is 6.42 Å². The summed E-state index contributed by atoms with van der Waals surface area (Å²) < 4.78 is 34.4. The summed E-state index contributed by atoms with van der Waals surface area (Å²) in [6.07, 6.45) is 9.75. The number of ether oxygens (including phenoxy) is 1. The van der Waals surface area contributed by atoms with Crippen molar-refractivity contribution in [3.63, 3.8) is 0 Å². The highest BCUT2D eigenvalue weighted by molar-refractivity contribution is 8.15. The van der Waals surface area contributed by atoms with E-state index in [0.717, 1.165) is 18.9 Å². The first-order valence-corrected chi connectivity index (χ1v) is 12.7. The lowest BCUT2D eigenvalue weighted by atomic mass is 9.84. The minimum absolute atomic E-state index is 0.00971. The van der Waals surface area contributed by atoms with E-state index in [2.05, 4.69) is 20.9 Å². The lowest BCUT2D eigenvalue weighted by Crippen LogP contribution is -2.45. The van der Waals surface area contributed by atoms with Crippen LogP contribution in [0.1, 0.15) is 47.8 Å². The van der Waals surface area contributed by atoms with Crippen LogP contribution in [0.2, 0.25) is 0 Å². The van der Waals surface area contributed by atoms with Gasteiger partial charge in [0.05, 0.1) is 17.9 Å². The highest BCUT2D eigenvalue weighted by atomic mass is 32.2. The van der Waals surface area contributed by atoms with Crippen LogP contribution in [0.4, 0.5) is 8.78 Å². The number of aromatic nitrogens is 2. The number of amidine groups is 1. The van der Waals surface area contributed by atoms with Crippen molar-refractivity contribution >= 4 is 28.6 Å². The summed E-state index contributed by atoms with van der Waals surface area (Å²) in [6.45, 7) is 3.05. The third kappa shape index (κ3) is 4.44. The van der Waals surface area contributed by atoms with Gasteiger partial charge in [0.25, 0.3) is 0 Å². The molecule has 0 unspecified atom stereocenters. The Morgan fingerprint density at radius 3 is 2.70 bits per heavy atom. The third-order valence-corrected chi connectivity index (χ3v) is 8.48. The van der Waals surface area contributed by atoms with Crippen LogP contribution in [0.15, 0.2) is 29.5 Å². The number of fused-ring (bicyclic) bond motifs is 1. The molecule has 2 aliphatic heterocycles. The largest absolute Gasteiger partial charge is 0.463 e. The standard InChI is InChI=1S/C26H25F2N5O3S/c1-3-8-36-21-14-30-18(13-31-21)19(34)11-15-9-16(22(28)17(27)10-15)25(2)20-12-26(20,37-24(29)32-25)23(35)33-6-4-5-7-33/h1,9-10,13-14,20H,4-8,11-12H2,2H3,(H2,29,32)/t20-,25+,26-/m0/s1. The molecule has 2 aromatic rings. The second-order valence-electron chi connectivity index (χ2n) is 9.62. The average molecular weight is 526 g/mol. The minimum Gasteiger partial charge on any atom is -0.463 e. The van der Waals surface area contributed by atoms with Crippen LogP contribution in [-0.2, 0) is 16.8 Å². The van der Waals surface area contributed by atoms with Crippen molar-refractivity contribution in [1.82, 2.24) is 14.9 Å². The maximum absolute atomic E-state index is 15.2. The van der Waals surface area contributed by atoms with Crippen LogP contribution >= 0.6 is 11.8 Å². The number of likely N-dealkylation sites (tertiary alicyclic amines) is 1. The molecule has 1 amide bonds. The number of nitrogens with zero attached hydrogens (tertiary/aromatic N) is 4. The van der Waals surface area contributed by atoms with Crippen molar-refractivity contribution in [2.75, 3.05) is 19.7 Å². The monoisotopic (exact) mass is 525 g/mol. The summed E-state index contributed by atoms with van der Waals surface area (Å²) in [7, 11) is 0. The second-order valence-corrected chi connectivity index (χ2v) is 11.0. The quantitative estimate of drug-likeness (QED) is 0.437. The van der Waals surface area contributed by atoms with E-state index in [-0.39, 0.29) is 52.7 Å². The molecular weight excluding hydrogens is 500 g/mol. The fraction of sp³-hybridized carbons (Fsp3) is 0.423. The average Bonchev–Trinajstić information content (AvgIpc) is 3.38. The molecule has 11 heteroatoms. The van der Waals surface area contributed by atoms with E-state index in [0.29, 0.717) is 19.5 Å². The number of carbonyl (C=O) groups is 2. The minimum atomic E-state index is -1.26. The molecule has 2 N–H and O–H groups in total. The Balaban J connectivity index is 1.42. The molecule has 3 atom stereocenters. The van der Waals surface area contributed by atoms with Crippen molar-refractivity contribution in [2.24, 2.45) is 16.6 Å². The number of ketones is 1. The number of nitrogens with two attached hydrogens (primary N) is 1. The summed E-state index contributed by atoms with van der Waals surface area (Å²) in [5.41, 5.74) is 5.15. The molecule has 0 bridgehead atoms. The van der Waals surface area contributed by atoms with Crippen LogP contribution in [0.25, 0.3) is 0 Å². The maximum atomic E-state index is 15.2. The van der Waals surface area contributed by atoms with E-state index < -0.39 is 27.7 Å². The van der Waals surface area contributed by atoms with Gasteiger partial charge in [-0.05, 0) is 43.9 Å². The predicted octanol–water partition coefficient (Wildman–Crippen LogP) is 2.85. The Morgan fingerprint density at radius 1 is 1.27 bits per heavy atom. The second kappa shape index (κ2) is 9.41. The van der Waals surface area contributed by atoms with Crippen LogP contribution in [0, 0.1) is 29.9 Å². The molecule has 5 rings (SSSR count). The number of benzene rings is 1. The summed E-state index contributed by atoms with van der Waals surface area (Å²) in [6, 6.07) is 2.42. The topological polar surface area (TPSA) is 111 Å². The molecule has 8 nitrogen and oxygen atoms in total. The molecule has 3 aliphatic rings. The summed E-state index contributed by atoms with van der Waals surface area (Å²) in [4.78, 5) is 40.6.